The fourth-order valence-corrected chi connectivity index (χ4v) is 6.65. The Balaban J connectivity index is 1.34. The molecule has 3 aliphatic rings. The highest BCUT2D eigenvalue weighted by Gasteiger charge is 2.58. The molecular formula is C29H38N8O10S2. The number of amidine groups is 1. The lowest BCUT2D eigenvalue weighted by atomic mass is 9.84. The average molecular weight is 723 g/mol. The van der Waals surface area contributed by atoms with E-state index in [1.807, 2.05) is 19.2 Å². The molecule has 5 atom stereocenters. The van der Waals surface area contributed by atoms with Gasteiger partial charge in [-0.15, -0.1) is 15.6 Å². The number of hydroxylamine groups is 2. The van der Waals surface area contributed by atoms with Crippen molar-refractivity contribution < 1.29 is 46.3 Å². The number of aromatic nitrogens is 1. The van der Waals surface area contributed by atoms with Crippen LogP contribution in [0.25, 0.3) is 0 Å². The van der Waals surface area contributed by atoms with Crippen LogP contribution in [0.15, 0.2) is 33.7 Å². The Morgan fingerprint density at radius 1 is 1.37 bits per heavy atom. The summed E-state index contributed by atoms with van der Waals surface area (Å²) < 4.78 is 41.8. The Hall–Kier alpha value is -4.37. The van der Waals surface area contributed by atoms with Crippen molar-refractivity contribution in [3.63, 3.8) is 0 Å². The molecule has 0 radical (unpaired) electrons. The monoisotopic (exact) mass is 722 g/mol. The van der Waals surface area contributed by atoms with E-state index in [0.29, 0.717) is 23.3 Å². The fourth-order valence-electron chi connectivity index (χ4n) is 5.65. The molecule has 0 bridgehead atoms. The molecular weight excluding hydrogens is 684 g/mol. The van der Waals surface area contributed by atoms with E-state index in [-0.39, 0.29) is 23.3 Å². The number of hydrogen-bond acceptors (Lipinski definition) is 15. The molecule has 5 rings (SSSR count). The number of oxime groups is 1. The van der Waals surface area contributed by atoms with Crippen LogP contribution in [0.3, 0.4) is 0 Å². The average Bonchev–Trinajstić information content (AvgIpc) is 3.70. The lowest BCUT2D eigenvalue weighted by molar-refractivity contribution is -0.218. The first-order valence-corrected chi connectivity index (χ1v) is 17.5. The molecule has 2 aromatic rings. The van der Waals surface area contributed by atoms with Gasteiger partial charge in [0.25, 0.3) is 17.4 Å². The van der Waals surface area contributed by atoms with E-state index in [4.69, 9.17) is 24.9 Å². The second-order valence-corrected chi connectivity index (χ2v) is 14.5. The maximum absolute atomic E-state index is 13.5. The third-order valence-corrected chi connectivity index (χ3v) is 9.69. The summed E-state index contributed by atoms with van der Waals surface area (Å²) in [6.07, 6.45) is 0.536. The number of benzene rings is 1. The zero-order valence-electron chi connectivity index (χ0n) is 27.3. The SMILES string of the molecule is CN[C@H](C)C[C@H]1CNC(c2ccc3c(c2)CC[C@H]([C@](C)(O/N=C(\C(=O)N[C@@H]2C(=O)N(OS(=O)(=O)O)C2(C)C)c2csc(N)n2)C(=O)O)O3)=N1. The summed E-state index contributed by atoms with van der Waals surface area (Å²) in [5, 5.41) is 25.0. The molecule has 1 saturated heterocycles. The number of carbonyl (C=O) groups excluding carboxylic acids is 2. The van der Waals surface area contributed by atoms with Gasteiger partial charge >= 0.3 is 16.4 Å². The Morgan fingerprint density at radius 3 is 2.71 bits per heavy atom. The lowest BCUT2D eigenvalue weighted by Gasteiger charge is -2.50. The third-order valence-electron chi connectivity index (χ3n) is 8.68. The predicted octanol–water partition coefficient (Wildman–Crippen LogP) is 0.240. The molecule has 0 spiro atoms. The molecule has 266 valence electrons. The van der Waals surface area contributed by atoms with Crippen molar-refractivity contribution in [1.82, 2.24) is 26.0 Å². The van der Waals surface area contributed by atoms with Crippen molar-refractivity contribution in [2.24, 2.45) is 10.1 Å². The number of nitrogen functional groups attached to an aromatic ring is 1. The summed E-state index contributed by atoms with van der Waals surface area (Å²) in [6.45, 7) is 6.85. The smallest absolute Gasteiger partial charge is 0.418 e. The zero-order valence-corrected chi connectivity index (χ0v) is 28.9. The Labute approximate surface area is 286 Å². The number of anilines is 1. The van der Waals surface area contributed by atoms with Crippen molar-refractivity contribution in [3.05, 3.63) is 40.4 Å². The third kappa shape index (κ3) is 7.47. The number of hydrogen-bond donors (Lipinski definition) is 6. The number of nitrogens with zero attached hydrogens (tertiary/aromatic N) is 4. The molecule has 2 amide bonds. The van der Waals surface area contributed by atoms with Gasteiger partial charge < -0.3 is 36.4 Å². The van der Waals surface area contributed by atoms with E-state index in [0.717, 1.165) is 41.3 Å². The van der Waals surface area contributed by atoms with Crippen molar-refractivity contribution in [2.75, 3.05) is 19.3 Å². The number of nitrogens with one attached hydrogen (secondary N) is 3. The van der Waals surface area contributed by atoms with Crippen LogP contribution in [0.1, 0.15) is 57.4 Å². The van der Waals surface area contributed by atoms with Crippen LogP contribution < -0.4 is 26.4 Å². The first-order valence-electron chi connectivity index (χ1n) is 15.2. The molecule has 3 aliphatic heterocycles. The summed E-state index contributed by atoms with van der Waals surface area (Å²) in [6, 6.07) is 4.69. The number of rotatable bonds is 13. The van der Waals surface area contributed by atoms with Gasteiger partial charge in [0, 0.05) is 23.5 Å². The van der Waals surface area contributed by atoms with Gasteiger partial charge in [0.05, 0.1) is 11.6 Å². The van der Waals surface area contributed by atoms with Crippen molar-refractivity contribution in [3.8, 4) is 5.75 Å². The number of carbonyl (C=O) groups is 3. The van der Waals surface area contributed by atoms with Crippen LogP contribution in [-0.2, 0) is 40.3 Å². The lowest BCUT2D eigenvalue weighted by Crippen LogP contribution is -2.76. The zero-order chi connectivity index (χ0) is 35.9. The fraction of sp³-hybridized carbons (Fsp3) is 0.517. The summed E-state index contributed by atoms with van der Waals surface area (Å²) in [7, 11) is -3.11. The number of β-lactam (4-membered cyclic amide) rings is 1. The highest BCUT2D eigenvalue weighted by atomic mass is 32.3. The molecule has 0 unspecified atom stereocenters. The van der Waals surface area contributed by atoms with E-state index in [9.17, 15) is 27.9 Å². The number of aliphatic imine (C=N–C) groups is 1. The number of nitrogens with two attached hydrogens (primary N) is 1. The van der Waals surface area contributed by atoms with Gasteiger partial charge in [0.15, 0.2) is 16.9 Å². The van der Waals surface area contributed by atoms with Crippen LogP contribution in [0, 0.1) is 0 Å². The minimum atomic E-state index is -5.02. The second-order valence-electron chi connectivity index (χ2n) is 12.6. The Morgan fingerprint density at radius 2 is 2.10 bits per heavy atom. The van der Waals surface area contributed by atoms with E-state index in [1.165, 1.54) is 26.2 Å². The first kappa shape index (κ1) is 35.9. The number of thiazole rings is 1. The first-order chi connectivity index (χ1) is 22.9. The molecule has 18 nitrogen and oxygen atoms in total. The van der Waals surface area contributed by atoms with Gasteiger partial charge in [-0.25, -0.2) is 9.78 Å². The maximum atomic E-state index is 13.5. The second kappa shape index (κ2) is 13.5. The Kier molecular flexibility index (Phi) is 9.90. The van der Waals surface area contributed by atoms with E-state index in [1.54, 1.807) is 6.07 Å². The highest BCUT2D eigenvalue weighted by Crippen LogP contribution is 2.35. The molecule has 7 N–H and O–H groups in total. The van der Waals surface area contributed by atoms with Crippen LogP contribution in [0.5, 0.6) is 5.75 Å². The Bertz CT molecular complexity index is 1810. The van der Waals surface area contributed by atoms with E-state index >= 15 is 0 Å². The van der Waals surface area contributed by atoms with Crippen molar-refractivity contribution in [1.29, 1.82) is 0 Å². The molecule has 49 heavy (non-hydrogen) atoms. The van der Waals surface area contributed by atoms with Gasteiger partial charge in [-0.2, -0.15) is 13.5 Å². The number of amides is 2. The molecule has 1 aromatic carbocycles. The number of aliphatic carboxylic acids is 1. The number of carboxylic acids is 1. The van der Waals surface area contributed by atoms with Crippen molar-refractivity contribution >= 4 is 56.2 Å². The van der Waals surface area contributed by atoms with Gasteiger partial charge in [0.2, 0.25) is 0 Å². The summed E-state index contributed by atoms with van der Waals surface area (Å²) in [4.78, 5) is 53.2. The van der Waals surface area contributed by atoms with Crippen LogP contribution in [0.4, 0.5) is 5.13 Å². The predicted molar refractivity (Wildman–Crippen MR) is 176 cm³/mol. The van der Waals surface area contributed by atoms with Gasteiger partial charge in [-0.3, -0.25) is 19.1 Å². The minimum Gasteiger partial charge on any atom is -0.485 e. The molecule has 4 heterocycles. The topological polar surface area (TPSA) is 256 Å². The summed E-state index contributed by atoms with van der Waals surface area (Å²) in [5.41, 5.74) is 3.41. The normalized spacial score (nSPS) is 23.6. The number of fused-ring (bicyclic) bond motifs is 1. The standard InChI is InChI=1S/C29H38N8O10S2/c1-14(31-5)10-17-12-32-23(33-17)16-6-8-19-15(11-16)7-9-20(45-19)29(4,26(40)41)46-36-21(18-13-48-27(30)34-18)24(38)35-22-25(39)37(28(22,2)3)47-49(42,43)44/h6,8,11,13-14,17,20,22,31H,7,9-10,12H2,1-5H3,(H2,30,34)(H,32,33)(H,35,38)(H,40,41)(H,42,43,44)/b36-21-/t14-,17+,20-,22-,29+/m1/s1. The van der Waals surface area contributed by atoms with Gasteiger partial charge in [-0.05, 0) is 77.8 Å². The largest absolute Gasteiger partial charge is 0.485 e. The van der Waals surface area contributed by atoms with Crippen LogP contribution in [-0.4, -0.2) is 106 Å². The summed E-state index contributed by atoms with van der Waals surface area (Å²) in [5.74, 6) is -2.17. The minimum absolute atomic E-state index is 0.0673. The van der Waals surface area contributed by atoms with Gasteiger partial charge in [0.1, 0.15) is 23.3 Å². The quantitative estimate of drug-likeness (QED) is 0.0701. The van der Waals surface area contributed by atoms with Crippen LogP contribution >= 0.6 is 11.3 Å². The number of carboxylic acid groups (broad SMARTS) is 1. The molecule has 0 saturated carbocycles. The van der Waals surface area contributed by atoms with Crippen molar-refractivity contribution in [2.45, 2.75) is 82.3 Å². The molecule has 20 heteroatoms. The van der Waals surface area contributed by atoms with E-state index in [2.05, 4.69) is 37.3 Å². The van der Waals surface area contributed by atoms with Crippen LogP contribution in [0.2, 0.25) is 0 Å². The molecule has 1 aromatic heterocycles. The van der Waals surface area contributed by atoms with E-state index < -0.39 is 57.2 Å². The van der Waals surface area contributed by atoms with Gasteiger partial charge in [-0.1, -0.05) is 5.16 Å². The number of aryl methyl sites for hydroxylation is 1. The maximum Gasteiger partial charge on any atom is 0.418 e. The summed E-state index contributed by atoms with van der Waals surface area (Å²) >= 11 is 0.973. The highest BCUT2D eigenvalue weighted by molar-refractivity contribution is 7.80. The molecule has 0 aliphatic carbocycles. The molecule has 1 fully saturated rings. The number of ether oxygens (including phenoxy) is 1.